The average Bonchev–Trinajstić information content (AvgIpc) is 2.82. The number of carboxylic acids is 1. The van der Waals surface area contributed by atoms with E-state index in [-0.39, 0.29) is 17.0 Å². The lowest BCUT2D eigenvalue weighted by atomic mass is 9.81. The molecule has 1 aromatic carbocycles. The summed E-state index contributed by atoms with van der Waals surface area (Å²) in [7, 11) is 1.53. The Kier molecular flexibility index (Phi) is 10.1. The summed E-state index contributed by atoms with van der Waals surface area (Å²) < 4.78 is 4.95. The van der Waals surface area contributed by atoms with Crippen LogP contribution in [0.1, 0.15) is 61.3 Å². The van der Waals surface area contributed by atoms with Gasteiger partial charge in [0.25, 0.3) is 0 Å². The summed E-state index contributed by atoms with van der Waals surface area (Å²) in [6.45, 7) is 8.37. The summed E-state index contributed by atoms with van der Waals surface area (Å²) in [6.07, 6.45) is 5.49. The molecule has 1 aromatic heterocycles. The van der Waals surface area contributed by atoms with Gasteiger partial charge in [0.1, 0.15) is 5.69 Å². The van der Waals surface area contributed by atoms with Crippen LogP contribution in [0.4, 0.5) is 0 Å². The second-order valence-electron chi connectivity index (χ2n) is 8.03. The third-order valence-corrected chi connectivity index (χ3v) is 6.20. The quantitative estimate of drug-likeness (QED) is 0.283. The number of carboxylic acid groups (broad SMARTS) is 1. The minimum Gasteiger partial charge on any atom is -0.478 e. The van der Waals surface area contributed by atoms with E-state index in [1.165, 1.54) is 48.2 Å². The van der Waals surface area contributed by atoms with Gasteiger partial charge >= 0.3 is 11.9 Å². The molecule has 178 valence electrons. The largest absolute Gasteiger partial charge is 0.478 e. The van der Waals surface area contributed by atoms with Gasteiger partial charge in [-0.1, -0.05) is 25.8 Å². The molecule has 7 heteroatoms. The molecule has 6 nitrogen and oxygen atoms in total. The molecule has 0 spiro atoms. The number of rotatable bonds is 4. The highest BCUT2D eigenvalue weighted by Gasteiger charge is 2.27. The second kappa shape index (κ2) is 12.8. The molecule has 0 atom stereocenters. The van der Waals surface area contributed by atoms with E-state index in [0.29, 0.717) is 17.9 Å². The van der Waals surface area contributed by atoms with E-state index in [1.54, 1.807) is 26.0 Å². The summed E-state index contributed by atoms with van der Waals surface area (Å²) in [6, 6.07) is 9.87. The van der Waals surface area contributed by atoms with Gasteiger partial charge in [-0.15, -0.1) is 11.8 Å². The first-order valence-corrected chi connectivity index (χ1v) is 11.9. The fourth-order valence-corrected chi connectivity index (χ4v) is 4.63. The van der Waals surface area contributed by atoms with Crippen molar-refractivity contribution in [2.24, 2.45) is 4.99 Å². The molecule has 2 heterocycles. The average molecular weight is 479 g/mol. The molecule has 0 radical (unpaired) electrons. The highest BCUT2D eigenvalue weighted by molar-refractivity contribution is 7.99. The number of aliphatic carboxylic acids is 1. The molecule has 0 fully saturated rings. The van der Waals surface area contributed by atoms with Crippen molar-refractivity contribution >= 4 is 29.9 Å². The number of hydrogen-bond acceptors (Lipinski definition) is 6. The van der Waals surface area contributed by atoms with Crippen molar-refractivity contribution in [2.45, 2.75) is 44.4 Å². The van der Waals surface area contributed by atoms with Crippen molar-refractivity contribution in [3.8, 4) is 11.8 Å². The highest BCUT2D eigenvalue weighted by Crippen LogP contribution is 2.41. The van der Waals surface area contributed by atoms with Crippen molar-refractivity contribution in [3.05, 3.63) is 70.6 Å². The van der Waals surface area contributed by atoms with E-state index in [9.17, 15) is 9.59 Å². The fourth-order valence-electron chi connectivity index (χ4n) is 3.14. The Labute approximate surface area is 205 Å². The zero-order valence-corrected chi connectivity index (χ0v) is 21.0. The Hall–Kier alpha value is -3.37. The number of allylic oxidation sites excluding steroid dienone is 1. The molecular weight excluding hydrogens is 448 g/mol. The lowest BCUT2D eigenvalue weighted by Crippen LogP contribution is -2.22. The maximum Gasteiger partial charge on any atom is 0.339 e. The van der Waals surface area contributed by atoms with Gasteiger partial charge in [0.2, 0.25) is 0 Å². The lowest BCUT2D eigenvalue weighted by Gasteiger charge is -2.32. The molecule has 0 aliphatic carbocycles. The number of aromatic nitrogens is 1. The van der Waals surface area contributed by atoms with Gasteiger partial charge in [0.15, 0.2) is 0 Å². The van der Waals surface area contributed by atoms with Crippen LogP contribution in [0, 0.1) is 11.8 Å². The second-order valence-corrected chi connectivity index (χ2v) is 9.17. The maximum absolute atomic E-state index is 11.6. The Morgan fingerprint density at radius 3 is 2.59 bits per heavy atom. The fraction of sp³-hybridized carbons (Fsp3) is 0.333. The van der Waals surface area contributed by atoms with Gasteiger partial charge in [0.05, 0.1) is 17.7 Å². The summed E-state index contributed by atoms with van der Waals surface area (Å²) >= 11 is 1.92. The highest BCUT2D eigenvalue weighted by atomic mass is 32.2. The first-order valence-electron chi connectivity index (χ1n) is 11.0. The zero-order valence-electron chi connectivity index (χ0n) is 20.2. The number of esters is 1. The molecule has 3 rings (SSSR count). The van der Waals surface area contributed by atoms with Crippen molar-refractivity contribution in [1.29, 1.82) is 0 Å². The number of carbonyl (C=O) groups is 2. The maximum atomic E-state index is 11.6. The molecule has 0 amide bonds. The number of pyridine rings is 1. The van der Waals surface area contributed by atoms with Crippen molar-refractivity contribution in [3.63, 3.8) is 0 Å². The Morgan fingerprint density at radius 1 is 1.26 bits per heavy atom. The van der Waals surface area contributed by atoms with Crippen LogP contribution in [0.2, 0.25) is 0 Å². The Morgan fingerprint density at radius 2 is 2.03 bits per heavy atom. The van der Waals surface area contributed by atoms with Crippen LogP contribution in [-0.4, -0.2) is 47.7 Å². The SMILES string of the molecule is C/C=C(\C=NC)C(=O)O.CCOC(=O)c1ccc(C#Cc2ccc3c(c2)C(C)(C)CCS3)nc1. The molecule has 1 aliphatic rings. The minimum absolute atomic E-state index is 0.192. The van der Waals surface area contributed by atoms with Crippen LogP contribution in [0.15, 0.2) is 58.1 Å². The third kappa shape index (κ3) is 7.60. The van der Waals surface area contributed by atoms with Crippen molar-refractivity contribution in [2.75, 3.05) is 19.4 Å². The van der Waals surface area contributed by atoms with Gasteiger partial charge < -0.3 is 9.84 Å². The first kappa shape index (κ1) is 26.9. The number of fused-ring (bicyclic) bond motifs is 1. The number of aliphatic imine (C=N–C) groups is 1. The van der Waals surface area contributed by atoms with Gasteiger partial charge in [-0.2, -0.15) is 0 Å². The number of hydrogen-bond donors (Lipinski definition) is 1. The van der Waals surface area contributed by atoms with Crippen molar-refractivity contribution in [1.82, 2.24) is 4.98 Å². The Bertz CT molecular complexity index is 1140. The van der Waals surface area contributed by atoms with Crippen LogP contribution in [0.3, 0.4) is 0 Å². The molecule has 2 aromatic rings. The van der Waals surface area contributed by atoms with Gasteiger partial charge in [0, 0.05) is 29.9 Å². The lowest BCUT2D eigenvalue weighted by molar-refractivity contribution is -0.132. The molecule has 0 saturated carbocycles. The standard InChI is InChI=1S/C21H21NO2S.C6H9NO2/c1-4-24-20(23)16-7-9-17(22-14-16)8-5-15-6-10-19-18(13-15)21(2,3)11-12-25-19;1-3-5(4-7-2)6(8)9/h6-7,9-10,13-14H,4,11-12H2,1-3H3;3-4H,1-2H3,(H,8,9)/b;5-3+,7-4?. The summed E-state index contributed by atoms with van der Waals surface area (Å²) in [5.41, 5.74) is 3.86. The number of benzene rings is 1. The number of ether oxygens (including phenoxy) is 1. The van der Waals surface area contributed by atoms with Crippen LogP contribution >= 0.6 is 11.8 Å². The minimum atomic E-state index is -0.942. The van der Waals surface area contributed by atoms with Crippen LogP contribution in [-0.2, 0) is 14.9 Å². The monoisotopic (exact) mass is 478 g/mol. The predicted molar refractivity (Wildman–Crippen MR) is 137 cm³/mol. The first-order chi connectivity index (χ1) is 16.2. The van der Waals surface area contributed by atoms with E-state index in [0.717, 1.165) is 5.56 Å². The summed E-state index contributed by atoms with van der Waals surface area (Å²) in [4.78, 5) is 30.9. The molecule has 0 bridgehead atoms. The van der Waals surface area contributed by atoms with Crippen molar-refractivity contribution < 1.29 is 19.4 Å². The molecular formula is C27H30N2O4S. The van der Waals surface area contributed by atoms with Crippen LogP contribution < -0.4 is 0 Å². The molecule has 1 N–H and O–H groups in total. The number of thioether (sulfide) groups is 1. The van der Waals surface area contributed by atoms with Gasteiger partial charge in [-0.3, -0.25) is 4.99 Å². The van der Waals surface area contributed by atoms with E-state index in [1.807, 2.05) is 11.8 Å². The molecule has 0 saturated heterocycles. The normalized spacial score (nSPS) is 14.2. The third-order valence-electron chi connectivity index (χ3n) is 5.13. The van der Waals surface area contributed by atoms with Crippen LogP contribution in [0.25, 0.3) is 0 Å². The summed E-state index contributed by atoms with van der Waals surface area (Å²) in [5, 5.41) is 8.34. The van der Waals surface area contributed by atoms with E-state index < -0.39 is 5.97 Å². The molecule has 0 unspecified atom stereocenters. The van der Waals surface area contributed by atoms with Gasteiger partial charge in [-0.05, 0) is 73.3 Å². The van der Waals surface area contributed by atoms with Gasteiger partial charge in [-0.25, -0.2) is 14.6 Å². The molecule has 34 heavy (non-hydrogen) atoms. The van der Waals surface area contributed by atoms with E-state index in [2.05, 4.69) is 53.9 Å². The van der Waals surface area contributed by atoms with Crippen LogP contribution in [0.5, 0.6) is 0 Å². The number of nitrogens with zero attached hydrogens (tertiary/aromatic N) is 2. The zero-order chi connectivity index (χ0) is 25.1. The van der Waals surface area contributed by atoms with E-state index in [4.69, 9.17) is 9.84 Å². The number of carbonyl (C=O) groups excluding carboxylic acids is 1. The summed E-state index contributed by atoms with van der Waals surface area (Å²) in [5.74, 6) is 6.13. The predicted octanol–water partition coefficient (Wildman–Crippen LogP) is 5.15. The molecule has 1 aliphatic heterocycles. The Balaban J connectivity index is 0.000000387. The smallest absolute Gasteiger partial charge is 0.339 e. The van der Waals surface area contributed by atoms with E-state index >= 15 is 0 Å². The topological polar surface area (TPSA) is 88.9 Å².